The predicted octanol–water partition coefficient (Wildman–Crippen LogP) is 6.07. The summed E-state index contributed by atoms with van der Waals surface area (Å²) in [5, 5.41) is 3.51. The second-order valence-electron chi connectivity index (χ2n) is 6.70. The third-order valence-corrected chi connectivity index (χ3v) is 5.00. The fourth-order valence-corrected chi connectivity index (χ4v) is 3.66. The number of rotatable bonds is 3. The predicted molar refractivity (Wildman–Crippen MR) is 107 cm³/mol. The smallest absolute Gasteiger partial charge is 0.128 e. The lowest BCUT2D eigenvalue weighted by Gasteiger charge is -2.14. The van der Waals surface area contributed by atoms with Crippen LogP contribution in [-0.2, 0) is 0 Å². The Hall–Kier alpha value is -3.26. The summed E-state index contributed by atoms with van der Waals surface area (Å²) in [6.45, 7) is 0. The van der Waals surface area contributed by atoms with Crippen molar-refractivity contribution in [1.29, 1.82) is 0 Å². The van der Waals surface area contributed by atoms with Crippen molar-refractivity contribution >= 4 is 11.4 Å². The molecule has 2 aliphatic rings. The standard InChI is InChI=1S/C24H19NO/c1-2-6-17(7-3-1)18-10-12-19(13-11-18)25-20-14-15-24-22(16-20)21-8-4-5-9-23(21)26-24/h1-16,21,23,25H. The molecule has 2 unspecified atom stereocenters. The molecule has 5 rings (SSSR count). The highest BCUT2D eigenvalue weighted by Crippen LogP contribution is 2.42. The summed E-state index contributed by atoms with van der Waals surface area (Å²) in [6, 6.07) is 25.3. The van der Waals surface area contributed by atoms with E-state index in [0.29, 0.717) is 5.92 Å². The van der Waals surface area contributed by atoms with Crippen molar-refractivity contribution in [3.05, 3.63) is 103 Å². The zero-order valence-electron chi connectivity index (χ0n) is 14.3. The van der Waals surface area contributed by atoms with Crippen LogP contribution in [-0.4, -0.2) is 6.10 Å². The number of fused-ring (bicyclic) bond motifs is 3. The molecule has 0 aromatic heterocycles. The molecule has 126 valence electrons. The van der Waals surface area contributed by atoms with Crippen molar-refractivity contribution in [2.24, 2.45) is 0 Å². The summed E-state index contributed by atoms with van der Waals surface area (Å²) in [7, 11) is 0. The van der Waals surface area contributed by atoms with Gasteiger partial charge in [-0.15, -0.1) is 0 Å². The van der Waals surface area contributed by atoms with E-state index in [-0.39, 0.29) is 6.10 Å². The summed E-state index contributed by atoms with van der Waals surface area (Å²) < 4.78 is 6.01. The van der Waals surface area contributed by atoms with Crippen LogP contribution in [0.15, 0.2) is 97.1 Å². The number of hydrogen-bond donors (Lipinski definition) is 1. The number of nitrogens with one attached hydrogen (secondary N) is 1. The normalized spacial score (nSPS) is 19.5. The van der Waals surface area contributed by atoms with E-state index in [1.165, 1.54) is 16.7 Å². The van der Waals surface area contributed by atoms with Crippen LogP contribution in [0.2, 0.25) is 0 Å². The lowest BCUT2D eigenvalue weighted by Crippen LogP contribution is -2.15. The molecular weight excluding hydrogens is 318 g/mol. The molecule has 2 heteroatoms. The molecule has 3 aromatic rings. The van der Waals surface area contributed by atoms with Crippen LogP contribution in [0.5, 0.6) is 5.75 Å². The van der Waals surface area contributed by atoms with E-state index in [9.17, 15) is 0 Å². The van der Waals surface area contributed by atoms with Gasteiger partial charge in [-0.3, -0.25) is 0 Å². The molecule has 1 aliphatic carbocycles. The molecule has 3 aromatic carbocycles. The maximum absolute atomic E-state index is 6.01. The second kappa shape index (κ2) is 6.23. The van der Waals surface area contributed by atoms with Gasteiger partial charge in [-0.05, 0) is 47.5 Å². The van der Waals surface area contributed by atoms with Crippen molar-refractivity contribution < 1.29 is 4.74 Å². The van der Waals surface area contributed by atoms with Crippen molar-refractivity contribution in [2.45, 2.75) is 12.0 Å². The van der Waals surface area contributed by atoms with Crippen LogP contribution in [0.3, 0.4) is 0 Å². The van der Waals surface area contributed by atoms with Gasteiger partial charge in [0.1, 0.15) is 11.9 Å². The summed E-state index contributed by atoms with van der Waals surface area (Å²) in [5.74, 6) is 1.30. The molecule has 0 saturated heterocycles. The maximum atomic E-state index is 6.01. The molecule has 1 aliphatic heterocycles. The van der Waals surface area contributed by atoms with Crippen molar-refractivity contribution in [2.75, 3.05) is 5.32 Å². The number of allylic oxidation sites excluding steroid dienone is 2. The van der Waals surface area contributed by atoms with E-state index in [0.717, 1.165) is 17.1 Å². The third kappa shape index (κ3) is 2.70. The minimum Gasteiger partial charge on any atom is -0.485 e. The number of hydrogen-bond acceptors (Lipinski definition) is 2. The number of benzene rings is 3. The van der Waals surface area contributed by atoms with E-state index in [1.54, 1.807) is 0 Å². The van der Waals surface area contributed by atoms with E-state index in [1.807, 2.05) is 6.07 Å². The highest BCUT2D eigenvalue weighted by molar-refractivity contribution is 5.69. The molecular formula is C24H19NO. The Labute approximate surface area is 153 Å². The molecule has 0 radical (unpaired) electrons. The van der Waals surface area contributed by atoms with Crippen LogP contribution in [0.4, 0.5) is 11.4 Å². The minimum atomic E-state index is 0.135. The van der Waals surface area contributed by atoms with E-state index in [4.69, 9.17) is 4.74 Å². The molecule has 2 atom stereocenters. The molecule has 1 N–H and O–H groups in total. The van der Waals surface area contributed by atoms with E-state index >= 15 is 0 Å². The number of anilines is 2. The maximum Gasteiger partial charge on any atom is 0.128 e. The molecule has 2 nitrogen and oxygen atoms in total. The Balaban J connectivity index is 1.38. The molecule has 0 fully saturated rings. The Morgan fingerprint density at radius 3 is 2.27 bits per heavy atom. The van der Waals surface area contributed by atoms with Crippen molar-refractivity contribution in [1.82, 2.24) is 0 Å². The lowest BCUT2D eigenvalue weighted by molar-refractivity contribution is 0.269. The first-order valence-electron chi connectivity index (χ1n) is 8.95. The summed E-state index contributed by atoms with van der Waals surface area (Å²) in [6.07, 6.45) is 8.63. The third-order valence-electron chi connectivity index (χ3n) is 5.00. The Kier molecular flexibility index (Phi) is 3.60. The van der Waals surface area contributed by atoms with Gasteiger partial charge in [0.25, 0.3) is 0 Å². The van der Waals surface area contributed by atoms with Crippen molar-refractivity contribution in [3.63, 3.8) is 0 Å². The highest BCUT2D eigenvalue weighted by Gasteiger charge is 2.31. The minimum absolute atomic E-state index is 0.135. The second-order valence-corrected chi connectivity index (χ2v) is 6.70. The van der Waals surface area contributed by atoms with Gasteiger partial charge in [0.05, 0.1) is 0 Å². The van der Waals surface area contributed by atoms with Crippen LogP contribution in [0.25, 0.3) is 11.1 Å². The largest absolute Gasteiger partial charge is 0.485 e. The average molecular weight is 337 g/mol. The van der Waals surface area contributed by atoms with Crippen LogP contribution >= 0.6 is 0 Å². The van der Waals surface area contributed by atoms with Crippen LogP contribution in [0, 0.1) is 0 Å². The van der Waals surface area contributed by atoms with E-state index in [2.05, 4.69) is 96.4 Å². The Morgan fingerprint density at radius 2 is 1.42 bits per heavy atom. The molecule has 0 amide bonds. The van der Waals surface area contributed by atoms with Crippen LogP contribution in [0.1, 0.15) is 11.5 Å². The zero-order valence-corrected chi connectivity index (χ0v) is 14.3. The van der Waals surface area contributed by atoms with Crippen molar-refractivity contribution in [3.8, 4) is 16.9 Å². The molecule has 0 bridgehead atoms. The fourth-order valence-electron chi connectivity index (χ4n) is 3.66. The molecule has 26 heavy (non-hydrogen) atoms. The molecule has 0 saturated carbocycles. The summed E-state index contributed by atoms with van der Waals surface area (Å²) in [5.41, 5.74) is 5.88. The first-order chi connectivity index (χ1) is 12.9. The topological polar surface area (TPSA) is 21.3 Å². The first kappa shape index (κ1) is 15.0. The van der Waals surface area contributed by atoms with Gasteiger partial charge in [0.2, 0.25) is 0 Å². The SMILES string of the molecule is C1=CC2Oc3ccc(Nc4ccc(-c5ccccc5)cc4)cc3C2C=C1. The lowest BCUT2D eigenvalue weighted by atomic mass is 9.92. The van der Waals surface area contributed by atoms with Gasteiger partial charge in [-0.25, -0.2) is 0 Å². The Morgan fingerprint density at radius 1 is 0.692 bits per heavy atom. The van der Waals surface area contributed by atoms with Crippen LogP contribution < -0.4 is 10.1 Å². The van der Waals surface area contributed by atoms with E-state index < -0.39 is 0 Å². The fraction of sp³-hybridized carbons (Fsp3) is 0.0833. The Bertz CT molecular complexity index is 986. The summed E-state index contributed by atoms with van der Waals surface area (Å²) in [4.78, 5) is 0. The van der Waals surface area contributed by atoms with Gasteiger partial charge >= 0.3 is 0 Å². The van der Waals surface area contributed by atoms with Gasteiger partial charge in [-0.1, -0.05) is 60.7 Å². The van der Waals surface area contributed by atoms with Gasteiger partial charge in [-0.2, -0.15) is 0 Å². The van der Waals surface area contributed by atoms with Gasteiger partial charge in [0.15, 0.2) is 0 Å². The molecule has 1 heterocycles. The van der Waals surface area contributed by atoms with Gasteiger partial charge < -0.3 is 10.1 Å². The van der Waals surface area contributed by atoms with Gasteiger partial charge in [0, 0.05) is 22.9 Å². The highest BCUT2D eigenvalue weighted by atomic mass is 16.5. The average Bonchev–Trinajstić information content (AvgIpc) is 3.07. The first-order valence-corrected chi connectivity index (χ1v) is 8.95. The summed E-state index contributed by atoms with van der Waals surface area (Å²) >= 11 is 0. The quantitative estimate of drug-likeness (QED) is 0.626. The molecule has 0 spiro atoms. The number of ether oxygens (including phenoxy) is 1. The monoisotopic (exact) mass is 337 g/mol. The zero-order chi connectivity index (χ0) is 17.3.